The minimum atomic E-state index is -0.870. The van der Waals surface area contributed by atoms with E-state index in [2.05, 4.69) is 6.07 Å². The van der Waals surface area contributed by atoms with Gasteiger partial charge in [-0.1, -0.05) is 6.07 Å². The van der Waals surface area contributed by atoms with Crippen molar-refractivity contribution in [2.24, 2.45) is 0 Å². The van der Waals surface area contributed by atoms with Crippen molar-refractivity contribution in [3.8, 4) is 0 Å². The number of carboxylic acids is 1. The smallest absolute Gasteiger partial charge is 0.352 e. The Bertz CT molecular complexity index is 526. The van der Waals surface area contributed by atoms with E-state index in [-0.39, 0.29) is 0 Å². The van der Waals surface area contributed by atoms with Gasteiger partial charge in [-0.25, -0.2) is 4.79 Å². The van der Waals surface area contributed by atoms with Crippen LogP contribution in [-0.2, 0) is 6.54 Å². The van der Waals surface area contributed by atoms with Gasteiger partial charge < -0.3 is 9.67 Å². The second kappa shape index (κ2) is 3.42. The number of rotatable bonds is 2. The molecule has 0 aliphatic rings. The molecule has 15 heavy (non-hydrogen) atoms. The summed E-state index contributed by atoms with van der Waals surface area (Å²) >= 11 is 0. The van der Waals surface area contributed by atoms with Gasteiger partial charge in [-0.2, -0.15) is 0 Å². The number of hydrogen-bond acceptors (Lipinski definition) is 1. The highest BCUT2D eigenvalue weighted by molar-refractivity contribution is 5.97. The highest BCUT2D eigenvalue weighted by Crippen LogP contribution is 2.25. The van der Waals surface area contributed by atoms with Crippen LogP contribution in [0.4, 0.5) is 0 Å². The highest BCUT2D eigenvalue weighted by atomic mass is 16.4. The summed E-state index contributed by atoms with van der Waals surface area (Å²) in [4.78, 5) is 11.1. The second-order valence-corrected chi connectivity index (χ2v) is 3.47. The van der Waals surface area contributed by atoms with Crippen LogP contribution in [0.1, 0.15) is 23.0 Å². The van der Waals surface area contributed by atoms with Crippen molar-refractivity contribution in [1.29, 1.82) is 0 Å². The number of aromatic nitrogens is 1. The van der Waals surface area contributed by atoms with Crippen molar-refractivity contribution in [3.05, 3.63) is 35.5 Å². The summed E-state index contributed by atoms with van der Waals surface area (Å²) in [6.45, 7) is 4.45. The predicted octanol–water partition coefficient (Wildman–Crippen LogP) is 2.47. The average molecular weight is 202 g/mol. The topological polar surface area (TPSA) is 42.2 Å². The minimum absolute atomic E-state index is 0.382. The van der Waals surface area contributed by atoms with Crippen molar-refractivity contribution < 1.29 is 9.90 Å². The van der Waals surface area contributed by atoms with Gasteiger partial charge in [0, 0.05) is 17.4 Å². The van der Waals surface area contributed by atoms with E-state index in [4.69, 9.17) is 5.11 Å². The Morgan fingerprint density at radius 1 is 1.60 bits per heavy atom. The second-order valence-electron chi connectivity index (χ2n) is 3.47. The van der Waals surface area contributed by atoms with Crippen LogP contribution >= 0.6 is 0 Å². The molecular weight excluding hydrogens is 190 g/mol. The molecule has 0 fully saturated rings. The Kier molecular flexibility index (Phi) is 2.23. The van der Waals surface area contributed by atoms with E-state index in [1.165, 1.54) is 0 Å². The third-order valence-corrected chi connectivity index (χ3v) is 2.68. The highest BCUT2D eigenvalue weighted by Gasteiger charge is 2.17. The lowest BCUT2D eigenvalue weighted by molar-refractivity contribution is 0.0685. The summed E-state index contributed by atoms with van der Waals surface area (Å²) in [5, 5.41) is 10.1. The van der Waals surface area contributed by atoms with Gasteiger partial charge in [0.25, 0.3) is 0 Å². The normalized spacial score (nSPS) is 10.8. The first kappa shape index (κ1) is 9.77. The lowest BCUT2D eigenvalue weighted by Gasteiger charge is -2.03. The van der Waals surface area contributed by atoms with E-state index >= 15 is 0 Å². The number of benzene rings is 1. The molecule has 0 atom stereocenters. The number of aromatic carboxylic acids is 1. The SMILES string of the molecule is CCn1c(C(=O)O)c(C)c2c[c]ccc21. The Morgan fingerprint density at radius 3 is 2.93 bits per heavy atom. The third kappa shape index (κ3) is 1.31. The van der Waals surface area contributed by atoms with Gasteiger partial charge in [0.2, 0.25) is 0 Å². The molecule has 0 saturated heterocycles. The summed E-state index contributed by atoms with van der Waals surface area (Å²) < 4.78 is 1.82. The molecule has 3 heteroatoms. The van der Waals surface area contributed by atoms with E-state index < -0.39 is 5.97 Å². The first-order valence-corrected chi connectivity index (χ1v) is 4.89. The van der Waals surface area contributed by atoms with Gasteiger partial charge in [0.05, 0.1) is 0 Å². The van der Waals surface area contributed by atoms with Gasteiger partial charge in [-0.05, 0) is 37.6 Å². The minimum Gasteiger partial charge on any atom is -0.477 e. The molecule has 1 N–H and O–H groups in total. The molecule has 1 heterocycles. The standard InChI is InChI=1S/C12H12NO2/c1-3-13-10-7-5-4-6-9(10)8(2)11(13)12(14)15/h5-7H,3H2,1-2H3,(H,14,15). The fourth-order valence-electron chi connectivity index (χ4n) is 2.01. The molecule has 0 unspecified atom stereocenters. The van der Waals surface area contributed by atoms with Crippen molar-refractivity contribution in [3.63, 3.8) is 0 Å². The van der Waals surface area contributed by atoms with E-state index in [9.17, 15) is 4.79 Å². The molecule has 2 aromatic rings. The number of nitrogens with zero attached hydrogens (tertiary/aromatic N) is 1. The van der Waals surface area contributed by atoms with E-state index in [0.29, 0.717) is 12.2 Å². The van der Waals surface area contributed by atoms with Gasteiger partial charge in [-0.3, -0.25) is 0 Å². The van der Waals surface area contributed by atoms with Gasteiger partial charge in [-0.15, -0.1) is 0 Å². The molecular formula is C12H12NO2. The number of carbonyl (C=O) groups is 1. The van der Waals surface area contributed by atoms with Crippen LogP contribution in [0.25, 0.3) is 10.9 Å². The molecule has 1 aromatic carbocycles. The van der Waals surface area contributed by atoms with Crippen molar-refractivity contribution >= 4 is 16.9 Å². The molecule has 0 spiro atoms. The van der Waals surface area contributed by atoms with Crippen LogP contribution in [0.15, 0.2) is 18.2 Å². The Morgan fingerprint density at radius 2 is 2.33 bits per heavy atom. The lowest BCUT2D eigenvalue weighted by atomic mass is 10.1. The maximum atomic E-state index is 11.1. The van der Waals surface area contributed by atoms with Crippen molar-refractivity contribution in [2.75, 3.05) is 0 Å². The summed E-state index contributed by atoms with van der Waals surface area (Å²) in [6, 6.07) is 8.52. The summed E-state index contributed by atoms with van der Waals surface area (Å²) in [5.41, 5.74) is 2.16. The van der Waals surface area contributed by atoms with Crippen molar-refractivity contribution in [1.82, 2.24) is 4.57 Å². The number of aryl methyl sites for hydroxylation is 2. The van der Waals surface area contributed by atoms with Crippen molar-refractivity contribution in [2.45, 2.75) is 20.4 Å². The van der Waals surface area contributed by atoms with E-state index in [1.54, 1.807) is 6.07 Å². The molecule has 1 aromatic heterocycles. The van der Waals surface area contributed by atoms with E-state index in [0.717, 1.165) is 16.5 Å². The molecule has 0 saturated carbocycles. The summed E-state index contributed by atoms with van der Waals surface area (Å²) in [6.07, 6.45) is 0. The molecule has 3 nitrogen and oxygen atoms in total. The van der Waals surface area contributed by atoms with Crippen LogP contribution in [0, 0.1) is 13.0 Å². The molecule has 77 valence electrons. The van der Waals surface area contributed by atoms with Gasteiger partial charge >= 0.3 is 5.97 Å². The number of fused-ring (bicyclic) bond motifs is 1. The van der Waals surface area contributed by atoms with Crippen LogP contribution in [0.3, 0.4) is 0 Å². The first-order valence-electron chi connectivity index (χ1n) is 4.89. The maximum absolute atomic E-state index is 11.1. The van der Waals surface area contributed by atoms with E-state index in [1.807, 2.05) is 30.5 Å². The van der Waals surface area contributed by atoms with Gasteiger partial charge in [0.15, 0.2) is 0 Å². The molecule has 0 aliphatic carbocycles. The molecule has 1 radical (unpaired) electrons. The fraction of sp³-hybridized carbons (Fsp3) is 0.250. The Hall–Kier alpha value is -1.77. The lowest BCUT2D eigenvalue weighted by Crippen LogP contribution is -2.08. The predicted molar refractivity (Wildman–Crippen MR) is 58.1 cm³/mol. The molecule has 0 bridgehead atoms. The summed E-state index contributed by atoms with van der Waals surface area (Å²) in [5.74, 6) is -0.870. The van der Waals surface area contributed by atoms with Gasteiger partial charge in [0.1, 0.15) is 5.69 Å². The first-order chi connectivity index (χ1) is 7.16. The zero-order chi connectivity index (χ0) is 11.0. The number of carboxylic acid groups (broad SMARTS) is 1. The zero-order valence-corrected chi connectivity index (χ0v) is 8.74. The third-order valence-electron chi connectivity index (χ3n) is 2.68. The molecule has 2 rings (SSSR count). The average Bonchev–Trinajstić information content (AvgIpc) is 2.52. The molecule has 0 amide bonds. The van der Waals surface area contributed by atoms with Crippen LogP contribution < -0.4 is 0 Å². The Balaban J connectivity index is 2.90. The molecule has 0 aliphatic heterocycles. The number of hydrogen-bond donors (Lipinski definition) is 1. The quantitative estimate of drug-likeness (QED) is 0.812. The fourth-order valence-corrected chi connectivity index (χ4v) is 2.01. The largest absolute Gasteiger partial charge is 0.477 e. The van der Waals surface area contributed by atoms with Crippen LogP contribution in [0.5, 0.6) is 0 Å². The van der Waals surface area contributed by atoms with Crippen LogP contribution in [-0.4, -0.2) is 15.6 Å². The maximum Gasteiger partial charge on any atom is 0.352 e. The van der Waals surface area contributed by atoms with Crippen LogP contribution in [0.2, 0.25) is 0 Å². The Labute approximate surface area is 87.9 Å². The zero-order valence-electron chi connectivity index (χ0n) is 8.74. The summed E-state index contributed by atoms with van der Waals surface area (Å²) in [7, 11) is 0. The monoisotopic (exact) mass is 202 g/mol.